The van der Waals surface area contributed by atoms with Gasteiger partial charge in [0, 0.05) is 8.90 Å². The third-order valence-electron chi connectivity index (χ3n) is 2.42. The van der Waals surface area contributed by atoms with Crippen LogP contribution in [0.5, 0.6) is 0 Å². The van der Waals surface area contributed by atoms with E-state index in [1.165, 1.54) is 11.1 Å². The van der Waals surface area contributed by atoms with E-state index < -0.39 is 0 Å². The third-order valence-corrected chi connectivity index (χ3v) is 2.42. The Kier molecular flexibility index (Phi) is 4.63. The molecule has 2 N–H and O–H groups in total. The fraction of sp³-hybridized carbons (Fsp3) is 0.538. The molecule has 0 aliphatic carbocycles. The lowest BCUT2D eigenvalue weighted by Crippen LogP contribution is -2.45. The molecule has 15 heavy (non-hydrogen) atoms. The monoisotopic (exact) mass is 210 g/mol. The van der Waals surface area contributed by atoms with E-state index in [1.807, 2.05) is 6.20 Å². The minimum atomic E-state index is 0. The molecule has 1 aliphatic rings. The summed E-state index contributed by atoms with van der Waals surface area (Å²) in [5.41, 5.74) is 2.67. The van der Waals surface area contributed by atoms with Crippen molar-refractivity contribution >= 4 is 0 Å². The molecule has 0 radical (unpaired) electrons. The average molecular weight is 210 g/mol. The summed E-state index contributed by atoms with van der Waals surface area (Å²) in [7, 11) is 0. The van der Waals surface area contributed by atoms with Crippen molar-refractivity contribution < 1.29 is 2.85 Å². The van der Waals surface area contributed by atoms with Crippen molar-refractivity contribution in [2.45, 2.75) is 39.8 Å². The highest BCUT2D eigenvalue weighted by molar-refractivity contribution is 5.26. The summed E-state index contributed by atoms with van der Waals surface area (Å²) in [6, 6.07) is 0.741. The smallest absolute Gasteiger partial charge is 0.0633 e. The normalized spacial score (nSPS) is 21.6. The molecule has 0 saturated carbocycles. The van der Waals surface area contributed by atoms with E-state index in [1.54, 1.807) is 0 Å². The molecule has 0 bridgehead atoms. The summed E-state index contributed by atoms with van der Waals surface area (Å²) in [6.07, 6.45) is 8.68. The number of hydrogen-bond acceptors (Lipinski definition) is 2. The Morgan fingerprint density at radius 1 is 1.67 bits per heavy atom. The molecular formula is C13H26N2. The second-order valence-corrected chi connectivity index (χ2v) is 4.26. The molecule has 0 spiro atoms. The predicted molar refractivity (Wildman–Crippen MR) is 70.9 cm³/mol. The molecule has 1 heterocycles. The van der Waals surface area contributed by atoms with Crippen molar-refractivity contribution in [2.24, 2.45) is 0 Å². The van der Waals surface area contributed by atoms with Gasteiger partial charge in [0.15, 0.2) is 0 Å². The zero-order valence-electron chi connectivity index (χ0n) is 10.2. The van der Waals surface area contributed by atoms with E-state index in [9.17, 15) is 0 Å². The zero-order valence-corrected chi connectivity index (χ0v) is 10.2. The van der Waals surface area contributed by atoms with Crippen LogP contribution < -0.4 is 10.6 Å². The maximum atomic E-state index is 3.49. The largest absolute Gasteiger partial charge is 0.383 e. The van der Waals surface area contributed by atoms with Gasteiger partial charge in [0.1, 0.15) is 0 Å². The molecule has 2 unspecified atom stereocenters. The van der Waals surface area contributed by atoms with Gasteiger partial charge in [-0.2, -0.15) is 0 Å². The molecular weight excluding hydrogens is 184 g/mol. The lowest BCUT2D eigenvalue weighted by molar-refractivity contribution is 0.514. The second-order valence-electron chi connectivity index (χ2n) is 4.26. The van der Waals surface area contributed by atoms with Gasteiger partial charge in [-0.15, -0.1) is 0 Å². The lowest BCUT2D eigenvalue weighted by atomic mass is 10.0. The lowest BCUT2D eigenvalue weighted by Gasteiger charge is -2.26. The van der Waals surface area contributed by atoms with Crippen LogP contribution in [0.15, 0.2) is 35.6 Å². The van der Waals surface area contributed by atoms with E-state index in [2.05, 4.69) is 56.6 Å². The van der Waals surface area contributed by atoms with Crippen LogP contribution in [0.2, 0.25) is 0 Å². The summed E-state index contributed by atoms with van der Waals surface area (Å²) < 4.78 is 0. The molecule has 2 heteroatoms. The Morgan fingerprint density at radius 2 is 2.40 bits per heavy atom. The number of nitrogens with one attached hydrogen (secondary N) is 2. The van der Waals surface area contributed by atoms with Gasteiger partial charge in [-0.1, -0.05) is 30.2 Å². The summed E-state index contributed by atoms with van der Waals surface area (Å²) in [6.45, 7) is 9.54. The summed E-state index contributed by atoms with van der Waals surface area (Å²) in [5, 5.41) is 6.86. The number of hydrogen-bond donors (Lipinski definition) is 2. The van der Waals surface area contributed by atoms with Crippen LogP contribution in [-0.4, -0.2) is 18.6 Å². The van der Waals surface area contributed by atoms with Gasteiger partial charge < -0.3 is 10.6 Å². The van der Waals surface area contributed by atoms with E-state index in [0.717, 1.165) is 6.54 Å². The van der Waals surface area contributed by atoms with E-state index >= 15 is 0 Å². The van der Waals surface area contributed by atoms with Gasteiger partial charge in [-0.25, -0.2) is 0 Å². The highest BCUT2D eigenvalue weighted by Crippen LogP contribution is 2.09. The van der Waals surface area contributed by atoms with Crippen molar-refractivity contribution in [1.29, 1.82) is 0 Å². The van der Waals surface area contributed by atoms with Gasteiger partial charge in [0.25, 0.3) is 0 Å². The first-order valence-corrected chi connectivity index (χ1v) is 5.63. The minimum Gasteiger partial charge on any atom is -0.383 e. The highest BCUT2D eigenvalue weighted by Gasteiger charge is 2.16. The first-order chi connectivity index (χ1) is 7.13. The van der Waals surface area contributed by atoms with Crippen molar-refractivity contribution in [2.75, 3.05) is 6.54 Å². The first kappa shape index (κ1) is 12.1. The van der Waals surface area contributed by atoms with Crippen LogP contribution in [0, 0.1) is 0 Å². The number of likely N-dealkylation sites (N-methyl/N-ethyl adjacent to an activating group) is 1. The molecule has 0 amide bonds. The molecule has 88 valence electrons. The topological polar surface area (TPSA) is 24.1 Å². The van der Waals surface area contributed by atoms with E-state index in [-0.39, 0.29) is 2.85 Å². The standard InChI is InChI=1S/C13H22N2.2H2/c1-5-14-12(8-10(2)3)13-9-11(4)6-7-15-13;;/h6-9,12-15H,5H2,1-4H3;2*1H. The molecule has 0 aromatic heterocycles. The molecule has 1 rings (SSSR count). The summed E-state index contributed by atoms with van der Waals surface area (Å²) in [5.74, 6) is 0. The SMILES string of the molecule is CCNC(C=C(C)C)C1C=C(C)C=CN1.[HH].[HH]. The molecule has 0 aromatic carbocycles. The maximum absolute atomic E-state index is 3.49. The molecule has 2 nitrogen and oxygen atoms in total. The van der Waals surface area contributed by atoms with Crippen LogP contribution in [0.4, 0.5) is 0 Å². The highest BCUT2D eigenvalue weighted by atomic mass is 15.0. The van der Waals surface area contributed by atoms with Gasteiger partial charge in [-0.05, 0) is 39.6 Å². The van der Waals surface area contributed by atoms with Crippen molar-refractivity contribution in [3.63, 3.8) is 0 Å². The van der Waals surface area contributed by atoms with Gasteiger partial charge >= 0.3 is 0 Å². The quantitative estimate of drug-likeness (QED) is 0.697. The molecule has 1 aliphatic heterocycles. The maximum Gasteiger partial charge on any atom is 0.0633 e. The molecule has 2 atom stereocenters. The number of dihydropyridines is 1. The Morgan fingerprint density at radius 3 is 2.93 bits per heavy atom. The average Bonchev–Trinajstić information content (AvgIpc) is 2.16. The van der Waals surface area contributed by atoms with Crippen molar-refractivity contribution in [3.8, 4) is 0 Å². The number of allylic oxidation sites excluding steroid dienone is 3. The van der Waals surface area contributed by atoms with Crippen LogP contribution in [0.25, 0.3) is 0 Å². The van der Waals surface area contributed by atoms with Gasteiger partial charge in [-0.3, -0.25) is 0 Å². The molecule has 0 saturated heterocycles. The fourth-order valence-corrected chi connectivity index (χ4v) is 1.77. The van der Waals surface area contributed by atoms with Crippen LogP contribution in [0.3, 0.4) is 0 Å². The fourth-order valence-electron chi connectivity index (χ4n) is 1.77. The Hall–Kier alpha value is -1.02. The summed E-state index contributed by atoms with van der Waals surface area (Å²) >= 11 is 0. The Bertz CT molecular complexity index is 292. The third kappa shape index (κ3) is 3.92. The Labute approximate surface area is 96.1 Å². The van der Waals surface area contributed by atoms with Crippen molar-refractivity contribution in [1.82, 2.24) is 10.6 Å². The predicted octanol–water partition coefficient (Wildman–Crippen LogP) is 2.85. The number of rotatable bonds is 4. The van der Waals surface area contributed by atoms with Gasteiger partial charge in [0.2, 0.25) is 0 Å². The van der Waals surface area contributed by atoms with Gasteiger partial charge in [0.05, 0.1) is 6.04 Å². The van der Waals surface area contributed by atoms with Crippen LogP contribution >= 0.6 is 0 Å². The minimum absolute atomic E-state index is 0. The van der Waals surface area contributed by atoms with Crippen molar-refractivity contribution in [3.05, 3.63) is 35.6 Å². The molecule has 0 aromatic rings. The van der Waals surface area contributed by atoms with Crippen LogP contribution in [-0.2, 0) is 0 Å². The van der Waals surface area contributed by atoms with E-state index in [0.29, 0.717) is 12.1 Å². The molecule has 0 fully saturated rings. The Balaban J connectivity index is 0. The second kappa shape index (κ2) is 5.76. The first-order valence-electron chi connectivity index (χ1n) is 5.63. The van der Waals surface area contributed by atoms with Crippen LogP contribution in [0.1, 0.15) is 30.5 Å². The zero-order chi connectivity index (χ0) is 11.3. The van der Waals surface area contributed by atoms with E-state index in [4.69, 9.17) is 0 Å². The summed E-state index contributed by atoms with van der Waals surface area (Å²) in [4.78, 5) is 0.